The molecule has 1 heterocycles. The van der Waals surface area contributed by atoms with E-state index in [9.17, 15) is 4.79 Å². The smallest absolute Gasteiger partial charge is 0.271 e. The molecule has 0 aromatic carbocycles. The number of carbonyl (C=O) groups excluding carboxylic acids is 1. The Kier molecular flexibility index (Phi) is 5.34. The van der Waals surface area contributed by atoms with Crippen LogP contribution in [0.3, 0.4) is 0 Å². The maximum Gasteiger partial charge on any atom is 0.271 e. The topological polar surface area (TPSA) is 58.4 Å². The number of rotatable bonds is 6. The van der Waals surface area contributed by atoms with Crippen LogP contribution in [-0.2, 0) is 13.0 Å². The van der Waals surface area contributed by atoms with Crippen LogP contribution in [0.4, 0.5) is 0 Å². The molecule has 5 heteroatoms. The molecule has 0 aliphatic carbocycles. The Morgan fingerprint density at radius 1 is 1.56 bits per heavy atom. The van der Waals surface area contributed by atoms with Crippen molar-refractivity contribution >= 4 is 5.91 Å². The second-order valence-corrected chi connectivity index (χ2v) is 4.88. The third-order valence-electron chi connectivity index (χ3n) is 2.75. The Hall–Kier alpha value is -1.36. The highest BCUT2D eigenvalue weighted by atomic mass is 16.3. The van der Waals surface area contributed by atoms with Gasteiger partial charge in [-0.15, -0.1) is 0 Å². The predicted molar refractivity (Wildman–Crippen MR) is 70.5 cm³/mol. The average Bonchev–Trinajstić information content (AvgIpc) is 2.70. The summed E-state index contributed by atoms with van der Waals surface area (Å²) in [5, 5.41) is 13.3. The van der Waals surface area contributed by atoms with Crippen molar-refractivity contribution in [2.45, 2.75) is 33.7 Å². The molecule has 18 heavy (non-hydrogen) atoms. The third kappa shape index (κ3) is 3.57. The molecule has 1 aromatic rings. The molecule has 0 radical (unpaired) electrons. The summed E-state index contributed by atoms with van der Waals surface area (Å²) in [5.41, 5.74) is 1.55. The van der Waals surface area contributed by atoms with Crippen LogP contribution in [0.15, 0.2) is 6.07 Å². The van der Waals surface area contributed by atoms with Crippen molar-refractivity contribution in [3.63, 3.8) is 0 Å². The van der Waals surface area contributed by atoms with E-state index >= 15 is 0 Å². The molecule has 0 aliphatic rings. The average molecular weight is 253 g/mol. The van der Waals surface area contributed by atoms with Gasteiger partial charge in [-0.2, -0.15) is 5.10 Å². The van der Waals surface area contributed by atoms with Gasteiger partial charge in [0.1, 0.15) is 5.69 Å². The number of carbonyl (C=O) groups is 1. The van der Waals surface area contributed by atoms with E-state index in [1.54, 1.807) is 11.7 Å². The minimum Gasteiger partial charge on any atom is -0.395 e. The molecular formula is C13H23N3O2. The van der Waals surface area contributed by atoms with E-state index in [0.717, 1.165) is 12.1 Å². The summed E-state index contributed by atoms with van der Waals surface area (Å²) >= 11 is 0. The van der Waals surface area contributed by atoms with E-state index < -0.39 is 0 Å². The number of hydrogen-bond donors (Lipinski definition) is 1. The van der Waals surface area contributed by atoms with Crippen molar-refractivity contribution in [2.24, 2.45) is 5.92 Å². The van der Waals surface area contributed by atoms with Crippen molar-refractivity contribution < 1.29 is 9.90 Å². The number of likely N-dealkylation sites (N-methyl/N-ethyl adjacent to an activating group) is 1. The van der Waals surface area contributed by atoms with Gasteiger partial charge in [0.25, 0.3) is 5.91 Å². The Labute approximate surface area is 108 Å². The van der Waals surface area contributed by atoms with Crippen molar-refractivity contribution in [3.05, 3.63) is 17.5 Å². The molecular weight excluding hydrogens is 230 g/mol. The second kappa shape index (κ2) is 6.54. The zero-order chi connectivity index (χ0) is 13.7. The van der Waals surface area contributed by atoms with Gasteiger partial charge in [-0.25, -0.2) is 0 Å². The molecule has 0 bridgehead atoms. The number of aliphatic hydroxyl groups is 1. The molecule has 0 unspecified atom stereocenters. The fraction of sp³-hybridized carbons (Fsp3) is 0.692. The fourth-order valence-electron chi connectivity index (χ4n) is 1.85. The third-order valence-corrected chi connectivity index (χ3v) is 2.75. The van der Waals surface area contributed by atoms with Crippen molar-refractivity contribution in [2.75, 3.05) is 20.2 Å². The monoisotopic (exact) mass is 253 g/mol. The van der Waals surface area contributed by atoms with Gasteiger partial charge in [0.15, 0.2) is 0 Å². The highest BCUT2D eigenvalue weighted by Crippen LogP contribution is 2.11. The summed E-state index contributed by atoms with van der Waals surface area (Å²) < 4.78 is 1.73. The van der Waals surface area contributed by atoms with Crippen molar-refractivity contribution in [1.82, 2.24) is 14.7 Å². The van der Waals surface area contributed by atoms with Gasteiger partial charge in [-0.3, -0.25) is 9.48 Å². The van der Waals surface area contributed by atoms with Crippen LogP contribution < -0.4 is 0 Å². The number of aliphatic hydroxyl groups excluding tert-OH is 1. The summed E-state index contributed by atoms with van der Waals surface area (Å²) in [7, 11) is 1.69. The minimum atomic E-state index is -0.0894. The van der Waals surface area contributed by atoms with Crippen LogP contribution in [-0.4, -0.2) is 45.9 Å². The highest BCUT2D eigenvalue weighted by molar-refractivity contribution is 5.92. The van der Waals surface area contributed by atoms with Gasteiger partial charge in [-0.05, 0) is 25.3 Å². The zero-order valence-electron chi connectivity index (χ0n) is 11.7. The molecule has 1 aromatic heterocycles. The summed E-state index contributed by atoms with van der Waals surface area (Å²) in [6.45, 7) is 7.21. The zero-order valence-corrected chi connectivity index (χ0v) is 11.7. The molecule has 5 nitrogen and oxygen atoms in total. The first kappa shape index (κ1) is 14.7. The van der Waals surface area contributed by atoms with Gasteiger partial charge in [-0.1, -0.05) is 13.8 Å². The molecule has 0 aliphatic heterocycles. The Bertz CT molecular complexity index is 399. The van der Waals surface area contributed by atoms with Gasteiger partial charge >= 0.3 is 0 Å². The van der Waals surface area contributed by atoms with Gasteiger partial charge in [0.05, 0.1) is 12.3 Å². The lowest BCUT2D eigenvalue weighted by Gasteiger charge is -2.15. The predicted octanol–water partition coefficient (Wildman–Crippen LogP) is 1.17. The lowest BCUT2D eigenvalue weighted by molar-refractivity contribution is 0.0755. The standard InChI is InChI=1S/C13H23N3O2/c1-5-16-12(13(18)15(4)6-7-17)9-11(14-16)8-10(2)3/h9-10,17H,5-8H2,1-4H3. The minimum absolute atomic E-state index is 0.0264. The Balaban J connectivity index is 2.92. The maximum atomic E-state index is 12.2. The summed E-state index contributed by atoms with van der Waals surface area (Å²) in [5.74, 6) is 0.428. The van der Waals surface area contributed by atoms with E-state index in [0.29, 0.717) is 24.7 Å². The van der Waals surface area contributed by atoms with Crippen LogP contribution in [0, 0.1) is 5.92 Å². The highest BCUT2D eigenvalue weighted by Gasteiger charge is 2.18. The first-order chi connectivity index (χ1) is 8.49. The molecule has 1 amide bonds. The van der Waals surface area contributed by atoms with Gasteiger partial charge in [0.2, 0.25) is 0 Å². The van der Waals surface area contributed by atoms with Crippen LogP contribution in [0.2, 0.25) is 0 Å². The molecule has 102 valence electrons. The van der Waals surface area contributed by atoms with E-state index in [1.165, 1.54) is 4.90 Å². The van der Waals surface area contributed by atoms with Crippen LogP contribution in [0.1, 0.15) is 37.0 Å². The van der Waals surface area contributed by atoms with Crippen LogP contribution >= 0.6 is 0 Å². The maximum absolute atomic E-state index is 12.2. The molecule has 1 N–H and O–H groups in total. The van der Waals surface area contributed by atoms with Crippen molar-refractivity contribution in [3.8, 4) is 0 Å². The molecule has 0 saturated heterocycles. The number of amides is 1. The summed E-state index contributed by atoms with van der Waals surface area (Å²) in [6.07, 6.45) is 0.872. The number of nitrogens with zero attached hydrogens (tertiary/aromatic N) is 3. The Morgan fingerprint density at radius 3 is 2.72 bits per heavy atom. The second-order valence-electron chi connectivity index (χ2n) is 4.88. The van der Waals surface area contributed by atoms with Gasteiger partial charge in [0, 0.05) is 20.1 Å². The van der Waals surface area contributed by atoms with E-state index in [-0.39, 0.29) is 12.5 Å². The molecule has 0 atom stereocenters. The van der Waals surface area contributed by atoms with E-state index in [2.05, 4.69) is 18.9 Å². The van der Waals surface area contributed by atoms with Crippen LogP contribution in [0.25, 0.3) is 0 Å². The molecule has 1 rings (SSSR count). The van der Waals surface area contributed by atoms with Crippen molar-refractivity contribution in [1.29, 1.82) is 0 Å². The number of aryl methyl sites for hydroxylation is 1. The van der Waals surface area contributed by atoms with Crippen LogP contribution in [0.5, 0.6) is 0 Å². The normalized spacial score (nSPS) is 11.0. The molecule has 0 spiro atoms. The number of hydrogen-bond acceptors (Lipinski definition) is 3. The summed E-state index contributed by atoms with van der Waals surface area (Å²) in [4.78, 5) is 13.7. The first-order valence-electron chi connectivity index (χ1n) is 6.42. The van der Waals surface area contributed by atoms with Gasteiger partial charge < -0.3 is 10.0 Å². The number of aromatic nitrogens is 2. The lowest BCUT2D eigenvalue weighted by Crippen LogP contribution is -2.31. The van der Waals surface area contributed by atoms with E-state index in [1.807, 2.05) is 13.0 Å². The summed E-state index contributed by atoms with van der Waals surface area (Å²) in [6, 6.07) is 1.86. The quantitative estimate of drug-likeness (QED) is 0.828. The largest absolute Gasteiger partial charge is 0.395 e. The first-order valence-corrected chi connectivity index (χ1v) is 6.42. The Morgan fingerprint density at radius 2 is 2.22 bits per heavy atom. The fourth-order valence-corrected chi connectivity index (χ4v) is 1.85. The lowest BCUT2D eigenvalue weighted by atomic mass is 10.1. The van der Waals surface area contributed by atoms with E-state index in [4.69, 9.17) is 5.11 Å². The molecule has 0 fully saturated rings. The SMILES string of the molecule is CCn1nc(CC(C)C)cc1C(=O)N(C)CCO. The molecule has 0 saturated carbocycles.